The number of carbonyl (C=O) groups is 1. The van der Waals surface area contributed by atoms with Crippen molar-refractivity contribution in [2.24, 2.45) is 0 Å². The first-order valence-electron chi connectivity index (χ1n) is 6.07. The molecule has 0 bridgehead atoms. The van der Waals surface area contributed by atoms with Gasteiger partial charge in [0.1, 0.15) is 11.6 Å². The minimum absolute atomic E-state index is 0.0642. The van der Waals surface area contributed by atoms with Crippen molar-refractivity contribution in [3.63, 3.8) is 0 Å². The maximum atomic E-state index is 13.1. The van der Waals surface area contributed by atoms with Crippen LogP contribution in [-0.4, -0.2) is 23.6 Å². The van der Waals surface area contributed by atoms with Gasteiger partial charge in [0.15, 0.2) is 0 Å². The fourth-order valence-corrected chi connectivity index (χ4v) is 2.19. The molecule has 98 valence electrons. The van der Waals surface area contributed by atoms with Crippen LogP contribution in [0.3, 0.4) is 0 Å². The molecule has 2 atom stereocenters. The van der Waals surface area contributed by atoms with Crippen LogP contribution in [0.15, 0.2) is 18.2 Å². The molecule has 1 saturated heterocycles. The summed E-state index contributed by atoms with van der Waals surface area (Å²) in [5.74, 6) is -0.223. The van der Waals surface area contributed by atoms with Gasteiger partial charge in [-0.3, -0.25) is 4.79 Å². The van der Waals surface area contributed by atoms with Crippen LogP contribution in [0.4, 0.5) is 4.39 Å². The third kappa shape index (κ3) is 2.98. The lowest BCUT2D eigenvalue weighted by Gasteiger charge is -2.27. The van der Waals surface area contributed by atoms with Gasteiger partial charge in [-0.15, -0.1) is 0 Å². The molecular formula is C13H17FN2O2. The lowest BCUT2D eigenvalue weighted by atomic mass is 10.0. The molecule has 2 unspecified atom stereocenters. The fraction of sp³-hybridized carbons (Fsp3) is 0.462. The molecule has 18 heavy (non-hydrogen) atoms. The summed E-state index contributed by atoms with van der Waals surface area (Å²) in [6, 6.07) is 3.90. The van der Waals surface area contributed by atoms with E-state index < -0.39 is 0 Å². The van der Waals surface area contributed by atoms with Crippen molar-refractivity contribution in [3.8, 4) is 5.75 Å². The molecule has 1 heterocycles. The summed E-state index contributed by atoms with van der Waals surface area (Å²) in [5, 5.41) is 15.8. The van der Waals surface area contributed by atoms with E-state index in [9.17, 15) is 14.3 Å². The fourth-order valence-electron chi connectivity index (χ4n) is 2.19. The first-order chi connectivity index (χ1) is 8.56. The third-order valence-corrected chi connectivity index (χ3v) is 3.21. The van der Waals surface area contributed by atoms with E-state index in [2.05, 4.69) is 10.6 Å². The lowest BCUT2D eigenvalue weighted by molar-refractivity contribution is -0.122. The summed E-state index contributed by atoms with van der Waals surface area (Å²) in [6.45, 7) is 2.43. The maximum Gasteiger partial charge on any atom is 0.220 e. The summed E-state index contributed by atoms with van der Waals surface area (Å²) in [7, 11) is 0. The number of rotatable bonds is 3. The van der Waals surface area contributed by atoms with Crippen LogP contribution in [0.2, 0.25) is 0 Å². The number of benzene rings is 1. The van der Waals surface area contributed by atoms with Crippen LogP contribution in [0, 0.1) is 5.82 Å². The average Bonchev–Trinajstić information content (AvgIpc) is 2.35. The highest BCUT2D eigenvalue weighted by atomic mass is 19.1. The Bertz CT molecular complexity index is 441. The van der Waals surface area contributed by atoms with E-state index >= 15 is 0 Å². The van der Waals surface area contributed by atoms with E-state index in [4.69, 9.17) is 0 Å². The molecule has 4 nitrogen and oxygen atoms in total. The molecular weight excluding hydrogens is 235 g/mol. The molecule has 1 amide bonds. The Morgan fingerprint density at radius 2 is 2.33 bits per heavy atom. The predicted molar refractivity (Wildman–Crippen MR) is 65.6 cm³/mol. The zero-order chi connectivity index (χ0) is 13.1. The van der Waals surface area contributed by atoms with Gasteiger partial charge in [0.05, 0.1) is 0 Å². The predicted octanol–water partition coefficient (Wildman–Crippen LogP) is 1.46. The molecule has 3 N–H and O–H groups in total. The zero-order valence-electron chi connectivity index (χ0n) is 10.2. The van der Waals surface area contributed by atoms with Crippen LogP contribution in [0.5, 0.6) is 5.75 Å². The van der Waals surface area contributed by atoms with E-state index in [-0.39, 0.29) is 29.6 Å². The van der Waals surface area contributed by atoms with Gasteiger partial charge in [0, 0.05) is 30.6 Å². The van der Waals surface area contributed by atoms with Crippen LogP contribution < -0.4 is 10.6 Å². The average molecular weight is 252 g/mol. The van der Waals surface area contributed by atoms with Gasteiger partial charge in [0.25, 0.3) is 0 Å². The largest absolute Gasteiger partial charge is 0.508 e. The number of amides is 1. The number of nitrogens with one attached hydrogen (secondary N) is 2. The molecule has 1 fully saturated rings. The topological polar surface area (TPSA) is 61.4 Å². The standard InChI is InChI=1S/C13H17FN2O2/c1-8(11-6-9(14)2-4-12(11)17)16-10-3-5-13(18)15-7-10/h2,4,6,8,10,16-17H,3,5,7H2,1H3,(H,15,18). The van der Waals surface area contributed by atoms with Gasteiger partial charge in [-0.2, -0.15) is 0 Å². The number of carbonyl (C=O) groups excluding carboxylic acids is 1. The first kappa shape index (κ1) is 12.8. The van der Waals surface area contributed by atoms with Crippen molar-refractivity contribution in [2.75, 3.05) is 6.54 Å². The minimum atomic E-state index is -0.367. The highest BCUT2D eigenvalue weighted by Gasteiger charge is 2.21. The quantitative estimate of drug-likeness (QED) is 0.763. The number of phenolic OH excluding ortho intramolecular Hbond substituents is 1. The van der Waals surface area contributed by atoms with Gasteiger partial charge >= 0.3 is 0 Å². The van der Waals surface area contributed by atoms with Crippen LogP contribution in [0.1, 0.15) is 31.4 Å². The number of hydrogen-bond acceptors (Lipinski definition) is 3. The van der Waals surface area contributed by atoms with Crippen LogP contribution in [-0.2, 0) is 4.79 Å². The highest BCUT2D eigenvalue weighted by molar-refractivity contribution is 5.76. The summed E-state index contributed by atoms with van der Waals surface area (Å²) in [4.78, 5) is 11.0. The number of phenols is 1. The molecule has 5 heteroatoms. The van der Waals surface area contributed by atoms with E-state index in [0.29, 0.717) is 18.5 Å². The Morgan fingerprint density at radius 3 is 3.00 bits per heavy atom. The van der Waals surface area contributed by atoms with Crippen molar-refractivity contribution in [2.45, 2.75) is 31.8 Å². The number of hydrogen-bond donors (Lipinski definition) is 3. The normalized spacial score (nSPS) is 21.4. The summed E-state index contributed by atoms with van der Waals surface area (Å²) >= 11 is 0. The Morgan fingerprint density at radius 1 is 1.56 bits per heavy atom. The van der Waals surface area contributed by atoms with Crippen LogP contribution >= 0.6 is 0 Å². The second-order valence-corrected chi connectivity index (χ2v) is 4.63. The molecule has 0 aromatic heterocycles. The number of aromatic hydroxyl groups is 1. The molecule has 0 spiro atoms. The Hall–Kier alpha value is -1.62. The lowest BCUT2D eigenvalue weighted by Crippen LogP contribution is -2.46. The smallest absolute Gasteiger partial charge is 0.220 e. The highest BCUT2D eigenvalue weighted by Crippen LogP contribution is 2.25. The number of piperidine rings is 1. The van der Waals surface area contributed by atoms with E-state index in [1.165, 1.54) is 18.2 Å². The molecule has 1 aromatic rings. The van der Waals surface area contributed by atoms with Gasteiger partial charge in [-0.1, -0.05) is 0 Å². The van der Waals surface area contributed by atoms with Gasteiger partial charge in [0.2, 0.25) is 5.91 Å². The molecule has 1 aliphatic rings. The van der Waals surface area contributed by atoms with E-state index in [1.54, 1.807) is 0 Å². The Kier molecular flexibility index (Phi) is 3.81. The molecule has 0 saturated carbocycles. The summed E-state index contributed by atoms with van der Waals surface area (Å²) in [6.07, 6.45) is 1.26. The monoisotopic (exact) mass is 252 g/mol. The number of halogens is 1. The van der Waals surface area contributed by atoms with Crippen molar-refractivity contribution in [3.05, 3.63) is 29.6 Å². The summed E-state index contributed by atoms with van der Waals surface area (Å²) in [5.41, 5.74) is 0.534. The molecule has 0 aliphatic carbocycles. The maximum absolute atomic E-state index is 13.1. The Labute approximate surface area is 105 Å². The molecule has 0 radical (unpaired) electrons. The Balaban J connectivity index is 2.00. The van der Waals surface area contributed by atoms with Gasteiger partial charge < -0.3 is 15.7 Å². The van der Waals surface area contributed by atoms with Crippen molar-refractivity contribution in [1.82, 2.24) is 10.6 Å². The van der Waals surface area contributed by atoms with E-state index in [1.807, 2.05) is 6.92 Å². The second-order valence-electron chi connectivity index (χ2n) is 4.63. The van der Waals surface area contributed by atoms with Gasteiger partial charge in [-0.05, 0) is 31.5 Å². The van der Waals surface area contributed by atoms with Crippen molar-refractivity contribution in [1.29, 1.82) is 0 Å². The second kappa shape index (κ2) is 5.35. The van der Waals surface area contributed by atoms with Gasteiger partial charge in [-0.25, -0.2) is 4.39 Å². The van der Waals surface area contributed by atoms with Crippen molar-refractivity contribution >= 4 is 5.91 Å². The van der Waals surface area contributed by atoms with Crippen molar-refractivity contribution < 1.29 is 14.3 Å². The minimum Gasteiger partial charge on any atom is -0.508 e. The zero-order valence-corrected chi connectivity index (χ0v) is 10.2. The molecule has 2 rings (SSSR count). The molecule has 1 aromatic carbocycles. The SMILES string of the molecule is CC(NC1CCC(=O)NC1)c1cc(F)ccc1O. The third-order valence-electron chi connectivity index (χ3n) is 3.21. The molecule has 1 aliphatic heterocycles. The summed E-state index contributed by atoms with van der Waals surface area (Å²) < 4.78 is 13.1. The van der Waals surface area contributed by atoms with E-state index in [0.717, 1.165) is 6.42 Å². The first-order valence-corrected chi connectivity index (χ1v) is 6.07. The van der Waals surface area contributed by atoms with Crippen LogP contribution in [0.25, 0.3) is 0 Å².